The molecule has 0 bridgehead atoms. The maximum atomic E-state index is 15.3. The van der Waals surface area contributed by atoms with Crippen LogP contribution in [0.2, 0.25) is 0 Å². The Labute approximate surface area is 219 Å². The molecule has 2 aliphatic rings. The molecule has 11 heteroatoms. The highest BCUT2D eigenvalue weighted by molar-refractivity contribution is 6.04. The molecule has 1 unspecified atom stereocenters. The number of H-pyrrole nitrogens is 1. The Morgan fingerprint density at radius 1 is 1.03 bits per heavy atom. The number of carbonyl (C=O) groups excluding carboxylic acids is 2. The Balaban J connectivity index is 1.48. The topological polar surface area (TPSA) is 103 Å². The van der Waals surface area contributed by atoms with Crippen molar-refractivity contribution in [1.82, 2.24) is 9.88 Å². The molecule has 0 spiro atoms. The van der Waals surface area contributed by atoms with Gasteiger partial charge in [0.05, 0.1) is 29.8 Å². The van der Waals surface area contributed by atoms with E-state index in [1.807, 2.05) is 0 Å². The van der Waals surface area contributed by atoms with E-state index in [9.17, 15) is 23.2 Å². The van der Waals surface area contributed by atoms with Crippen LogP contribution < -0.4 is 9.64 Å². The van der Waals surface area contributed by atoms with E-state index in [-0.39, 0.29) is 42.1 Å². The van der Waals surface area contributed by atoms with Crippen LogP contribution in [0, 0.1) is 17.5 Å². The summed E-state index contributed by atoms with van der Waals surface area (Å²) < 4.78 is 49.2. The zero-order chi connectivity index (χ0) is 27.4. The highest BCUT2D eigenvalue weighted by Crippen LogP contribution is 2.48. The van der Waals surface area contributed by atoms with Gasteiger partial charge in [0.25, 0.3) is 5.91 Å². The van der Waals surface area contributed by atoms with Crippen LogP contribution in [0.1, 0.15) is 40.6 Å². The van der Waals surface area contributed by atoms with Crippen LogP contribution in [0.3, 0.4) is 0 Å². The van der Waals surface area contributed by atoms with E-state index in [4.69, 9.17) is 9.84 Å². The first kappa shape index (κ1) is 24.5. The number of nitrogens with zero attached hydrogens (tertiary/aromatic N) is 2. The van der Waals surface area contributed by atoms with Crippen molar-refractivity contribution < 1.29 is 37.4 Å². The van der Waals surface area contributed by atoms with E-state index in [0.29, 0.717) is 29.1 Å². The average molecular weight is 535 g/mol. The van der Waals surface area contributed by atoms with Crippen molar-refractivity contribution in [2.24, 2.45) is 0 Å². The summed E-state index contributed by atoms with van der Waals surface area (Å²) in [6.07, 6.45) is -1.15. The van der Waals surface area contributed by atoms with Crippen molar-refractivity contribution in [3.05, 3.63) is 88.9 Å². The third kappa shape index (κ3) is 4.15. The standard InChI is InChI=1S/C28H20F3N3O5/c29-14-2-1-3-16(10-14)34-26-20(11-15(30)12-21(26)31)28(38)33-9-8-18-19-13-17(39-24(37)7-6-23(35)36)4-5-22(19)32-25(18)27(33)34/h1-5,10-13,27,32H,6-9H2,(H,35,36). The number of hydrogen-bond donors (Lipinski definition) is 2. The fourth-order valence-corrected chi connectivity index (χ4v) is 5.33. The van der Waals surface area contributed by atoms with Gasteiger partial charge in [-0.2, -0.15) is 0 Å². The molecule has 3 aromatic carbocycles. The molecule has 1 atom stereocenters. The summed E-state index contributed by atoms with van der Waals surface area (Å²) in [6.45, 7) is 0.204. The van der Waals surface area contributed by atoms with Crippen LogP contribution in [-0.4, -0.2) is 39.4 Å². The van der Waals surface area contributed by atoms with Crippen molar-refractivity contribution >= 4 is 40.1 Å². The number of esters is 1. The number of halogens is 3. The van der Waals surface area contributed by atoms with Crippen LogP contribution in [0.15, 0.2) is 54.6 Å². The lowest BCUT2D eigenvalue weighted by atomic mass is 9.94. The molecule has 0 radical (unpaired) electrons. The summed E-state index contributed by atoms with van der Waals surface area (Å²) >= 11 is 0. The molecular weight excluding hydrogens is 515 g/mol. The molecule has 39 heavy (non-hydrogen) atoms. The zero-order valence-corrected chi connectivity index (χ0v) is 20.2. The first-order valence-electron chi connectivity index (χ1n) is 12.1. The number of aromatic nitrogens is 1. The van der Waals surface area contributed by atoms with E-state index >= 15 is 4.39 Å². The number of aliphatic carboxylic acids is 1. The molecule has 4 aromatic rings. The SMILES string of the molecule is O=C(O)CCC(=O)Oc1ccc2[nH]c3c(c2c1)CCN1C(=O)c2cc(F)cc(F)c2N(c2cccc(F)c2)C31. The summed E-state index contributed by atoms with van der Waals surface area (Å²) in [6, 6.07) is 12.0. The Morgan fingerprint density at radius 2 is 1.85 bits per heavy atom. The molecule has 0 saturated heterocycles. The van der Waals surface area contributed by atoms with E-state index in [0.717, 1.165) is 11.6 Å². The number of carboxylic acid groups (broad SMARTS) is 1. The molecule has 0 aliphatic carbocycles. The van der Waals surface area contributed by atoms with E-state index in [1.54, 1.807) is 24.3 Å². The second-order valence-electron chi connectivity index (χ2n) is 9.35. The maximum absolute atomic E-state index is 15.3. The van der Waals surface area contributed by atoms with Gasteiger partial charge in [0.1, 0.15) is 17.4 Å². The number of ether oxygens (including phenoxy) is 1. The zero-order valence-electron chi connectivity index (χ0n) is 20.2. The average Bonchev–Trinajstić information content (AvgIpc) is 3.26. The number of rotatable bonds is 5. The minimum atomic E-state index is -1.11. The lowest BCUT2D eigenvalue weighted by molar-refractivity contribution is -0.142. The molecule has 2 aliphatic heterocycles. The van der Waals surface area contributed by atoms with Gasteiger partial charge < -0.3 is 24.6 Å². The summed E-state index contributed by atoms with van der Waals surface area (Å²) in [5, 5.41) is 9.49. The number of benzene rings is 3. The van der Waals surface area contributed by atoms with Gasteiger partial charge in [-0.1, -0.05) is 6.07 Å². The first-order valence-corrected chi connectivity index (χ1v) is 12.1. The Morgan fingerprint density at radius 3 is 2.62 bits per heavy atom. The van der Waals surface area contributed by atoms with Crippen LogP contribution >= 0.6 is 0 Å². The molecule has 0 saturated carbocycles. The van der Waals surface area contributed by atoms with Gasteiger partial charge in [-0.05, 0) is 54.4 Å². The number of anilines is 2. The minimum absolute atomic E-state index is 0.159. The summed E-state index contributed by atoms with van der Waals surface area (Å²) in [5.74, 6) is -4.57. The fourth-order valence-electron chi connectivity index (χ4n) is 5.33. The Bertz CT molecular complexity index is 1680. The fraction of sp³-hybridized carbons (Fsp3) is 0.179. The van der Waals surface area contributed by atoms with Gasteiger partial charge in [0.15, 0.2) is 12.0 Å². The van der Waals surface area contributed by atoms with Gasteiger partial charge in [0, 0.05) is 29.2 Å². The summed E-state index contributed by atoms with van der Waals surface area (Å²) in [7, 11) is 0. The minimum Gasteiger partial charge on any atom is -0.481 e. The quantitative estimate of drug-likeness (QED) is 0.269. The first-order chi connectivity index (χ1) is 18.7. The van der Waals surface area contributed by atoms with Crippen molar-refractivity contribution in [3.8, 4) is 5.75 Å². The van der Waals surface area contributed by atoms with Gasteiger partial charge in [-0.15, -0.1) is 0 Å². The number of nitrogens with one attached hydrogen (secondary N) is 1. The number of aromatic amines is 1. The number of amides is 1. The molecule has 1 aromatic heterocycles. The van der Waals surface area contributed by atoms with Crippen LogP contribution in [-0.2, 0) is 16.0 Å². The maximum Gasteiger partial charge on any atom is 0.311 e. The summed E-state index contributed by atoms with van der Waals surface area (Å²) in [4.78, 5) is 42.6. The normalized spacial score (nSPS) is 16.1. The van der Waals surface area contributed by atoms with Crippen LogP contribution in [0.4, 0.5) is 24.5 Å². The lowest BCUT2D eigenvalue weighted by Crippen LogP contribution is -2.51. The van der Waals surface area contributed by atoms with E-state index in [2.05, 4.69) is 4.98 Å². The second-order valence-corrected chi connectivity index (χ2v) is 9.35. The number of fused-ring (bicyclic) bond motifs is 6. The number of carbonyl (C=O) groups is 3. The predicted octanol–water partition coefficient (Wildman–Crippen LogP) is 5.20. The van der Waals surface area contributed by atoms with Gasteiger partial charge >= 0.3 is 11.9 Å². The molecule has 0 fully saturated rings. The van der Waals surface area contributed by atoms with Crippen molar-refractivity contribution in [2.45, 2.75) is 25.4 Å². The van der Waals surface area contributed by atoms with E-state index in [1.165, 1.54) is 28.0 Å². The summed E-state index contributed by atoms with van der Waals surface area (Å²) in [5.41, 5.74) is 1.94. The Hall–Kier alpha value is -4.80. The largest absolute Gasteiger partial charge is 0.481 e. The molecule has 6 rings (SSSR count). The predicted molar refractivity (Wildman–Crippen MR) is 133 cm³/mol. The molecule has 1 amide bonds. The number of carboxylic acids is 1. The monoisotopic (exact) mass is 535 g/mol. The smallest absolute Gasteiger partial charge is 0.311 e. The van der Waals surface area contributed by atoms with Gasteiger partial charge in [-0.3, -0.25) is 14.4 Å². The Kier molecular flexibility index (Phi) is 5.78. The van der Waals surface area contributed by atoms with E-state index < -0.39 is 41.5 Å². The third-order valence-corrected chi connectivity index (χ3v) is 6.93. The second kappa shape index (κ2) is 9.19. The van der Waals surface area contributed by atoms with Gasteiger partial charge in [0.2, 0.25) is 0 Å². The molecule has 198 valence electrons. The molecule has 8 nitrogen and oxygen atoms in total. The molecule has 2 N–H and O–H groups in total. The van der Waals surface area contributed by atoms with Crippen molar-refractivity contribution in [3.63, 3.8) is 0 Å². The van der Waals surface area contributed by atoms with Crippen molar-refractivity contribution in [2.75, 3.05) is 11.4 Å². The highest BCUT2D eigenvalue weighted by atomic mass is 19.1. The molecular formula is C28H20F3N3O5. The van der Waals surface area contributed by atoms with Crippen LogP contribution in [0.5, 0.6) is 5.75 Å². The molecule has 3 heterocycles. The lowest BCUT2D eigenvalue weighted by Gasteiger charge is -2.47. The third-order valence-electron chi connectivity index (χ3n) is 6.93. The van der Waals surface area contributed by atoms with Gasteiger partial charge in [-0.25, -0.2) is 13.2 Å². The van der Waals surface area contributed by atoms with Crippen LogP contribution in [0.25, 0.3) is 10.9 Å². The highest BCUT2D eigenvalue weighted by Gasteiger charge is 2.45. The van der Waals surface area contributed by atoms with Crippen molar-refractivity contribution in [1.29, 1.82) is 0 Å². The number of hydrogen-bond acceptors (Lipinski definition) is 5.